The smallest absolute Gasteiger partial charge is 0.329 e. The lowest BCUT2D eigenvalue weighted by Crippen LogP contribution is -2.44. The minimum atomic E-state index is -1.09. The Morgan fingerprint density at radius 2 is 1.63 bits per heavy atom. The lowest BCUT2D eigenvalue weighted by atomic mass is 9.81. The van der Waals surface area contributed by atoms with Crippen molar-refractivity contribution in [2.24, 2.45) is 11.8 Å². The number of esters is 1. The number of aromatic nitrogens is 1. The van der Waals surface area contributed by atoms with Crippen LogP contribution in [0.2, 0.25) is 0 Å². The first-order valence-corrected chi connectivity index (χ1v) is 11.8. The predicted molar refractivity (Wildman–Crippen MR) is 126 cm³/mol. The van der Waals surface area contributed by atoms with Crippen molar-refractivity contribution in [1.29, 1.82) is 0 Å². The van der Waals surface area contributed by atoms with Crippen LogP contribution in [0.1, 0.15) is 64.7 Å². The first-order chi connectivity index (χ1) is 16.7. The molecule has 2 heterocycles. The summed E-state index contributed by atoms with van der Waals surface area (Å²) >= 11 is 0. The molecule has 184 valence electrons. The first kappa shape index (κ1) is 24.4. The number of fused-ring (bicyclic) bond motifs is 1. The number of nitrogens with one attached hydrogen (secondary N) is 1. The molecule has 9 heteroatoms. The molecule has 2 aliphatic rings. The summed E-state index contributed by atoms with van der Waals surface area (Å²) in [6, 6.07) is 9.20. The van der Waals surface area contributed by atoms with Gasteiger partial charge in [-0.3, -0.25) is 34.2 Å². The molecule has 1 aromatic heterocycles. The third-order valence-electron chi connectivity index (χ3n) is 6.93. The molecule has 0 spiro atoms. The Balaban J connectivity index is 1.39. The van der Waals surface area contributed by atoms with Crippen LogP contribution in [0.15, 0.2) is 36.4 Å². The van der Waals surface area contributed by atoms with E-state index in [4.69, 9.17) is 4.74 Å². The van der Waals surface area contributed by atoms with E-state index in [9.17, 15) is 24.0 Å². The SMILES string of the molecule is Cc1cc(C(=O)COC(=O)C(C)N2C(=O)C3CCCCC3C2=O)c(C)n1NC(=O)c1ccccc1. The van der Waals surface area contributed by atoms with Crippen LogP contribution in [-0.4, -0.2) is 51.7 Å². The van der Waals surface area contributed by atoms with Crippen molar-refractivity contribution in [2.45, 2.75) is 52.5 Å². The minimum absolute atomic E-state index is 0.302. The van der Waals surface area contributed by atoms with Gasteiger partial charge in [0.2, 0.25) is 17.6 Å². The summed E-state index contributed by atoms with van der Waals surface area (Å²) in [6.07, 6.45) is 3.10. The number of rotatable bonds is 7. The van der Waals surface area contributed by atoms with E-state index in [-0.39, 0.29) is 29.6 Å². The molecule has 1 aliphatic carbocycles. The Bertz CT molecular complexity index is 1160. The van der Waals surface area contributed by atoms with Crippen molar-refractivity contribution in [3.05, 3.63) is 58.9 Å². The van der Waals surface area contributed by atoms with Crippen molar-refractivity contribution < 1.29 is 28.7 Å². The van der Waals surface area contributed by atoms with Crippen LogP contribution < -0.4 is 5.43 Å². The average molecular weight is 480 g/mol. The van der Waals surface area contributed by atoms with E-state index in [1.54, 1.807) is 44.2 Å². The zero-order valence-corrected chi connectivity index (χ0v) is 20.1. The summed E-state index contributed by atoms with van der Waals surface area (Å²) in [5, 5.41) is 0. The van der Waals surface area contributed by atoms with Gasteiger partial charge in [0.1, 0.15) is 6.04 Å². The summed E-state index contributed by atoms with van der Waals surface area (Å²) in [4.78, 5) is 64.4. The fourth-order valence-corrected chi connectivity index (χ4v) is 4.98. The normalized spacial score (nSPS) is 20.4. The summed E-state index contributed by atoms with van der Waals surface area (Å²) in [5.41, 5.74) is 4.66. The highest BCUT2D eigenvalue weighted by molar-refractivity contribution is 6.08. The van der Waals surface area contributed by atoms with Gasteiger partial charge in [-0.25, -0.2) is 4.79 Å². The van der Waals surface area contributed by atoms with Crippen molar-refractivity contribution in [3.8, 4) is 0 Å². The number of carbonyl (C=O) groups excluding carboxylic acids is 5. The monoisotopic (exact) mass is 479 g/mol. The minimum Gasteiger partial charge on any atom is -0.456 e. The number of likely N-dealkylation sites (tertiary alicyclic amines) is 1. The van der Waals surface area contributed by atoms with E-state index in [2.05, 4.69) is 5.43 Å². The van der Waals surface area contributed by atoms with Crippen molar-refractivity contribution in [2.75, 3.05) is 12.0 Å². The van der Waals surface area contributed by atoms with Gasteiger partial charge in [0, 0.05) is 22.5 Å². The molecule has 3 unspecified atom stereocenters. The lowest BCUT2D eigenvalue weighted by Gasteiger charge is -2.21. The van der Waals surface area contributed by atoms with Crippen molar-refractivity contribution in [3.63, 3.8) is 0 Å². The van der Waals surface area contributed by atoms with Gasteiger partial charge in [0.25, 0.3) is 5.91 Å². The van der Waals surface area contributed by atoms with Crippen LogP contribution >= 0.6 is 0 Å². The number of amides is 3. The average Bonchev–Trinajstić information content (AvgIpc) is 3.29. The van der Waals surface area contributed by atoms with Crippen molar-refractivity contribution >= 4 is 29.5 Å². The molecule has 0 radical (unpaired) electrons. The Labute approximate surface area is 203 Å². The van der Waals surface area contributed by atoms with Gasteiger partial charge in [-0.05, 0) is 51.8 Å². The number of aryl methyl sites for hydroxylation is 1. The maximum Gasteiger partial charge on any atom is 0.329 e. The van der Waals surface area contributed by atoms with Crippen LogP contribution in [-0.2, 0) is 19.1 Å². The number of ether oxygens (including phenoxy) is 1. The van der Waals surface area contributed by atoms with E-state index in [0.717, 1.165) is 17.7 Å². The molecule has 0 bridgehead atoms. The number of nitrogens with zero attached hydrogens (tertiary/aromatic N) is 2. The second kappa shape index (κ2) is 9.85. The van der Waals surface area contributed by atoms with Crippen LogP contribution in [0.4, 0.5) is 0 Å². The fourth-order valence-electron chi connectivity index (χ4n) is 4.98. The van der Waals surface area contributed by atoms with E-state index >= 15 is 0 Å². The molecule has 4 rings (SSSR count). The summed E-state index contributed by atoms with van der Waals surface area (Å²) in [7, 11) is 0. The lowest BCUT2D eigenvalue weighted by molar-refractivity contribution is -0.157. The number of benzene rings is 1. The standard InChI is InChI=1S/C26H29N3O6/c1-15-13-21(16(2)29(15)27-23(31)18-9-5-4-6-10-18)22(30)14-35-26(34)17(3)28-24(32)19-11-7-8-12-20(19)25(28)33/h4-6,9-10,13,17,19-20H,7-8,11-12,14H2,1-3H3,(H,27,31). The van der Waals surface area contributed by atoms with Gasteiger partial charge in [0.05, 0.1) is 11.8 Å². The molecule has 3 atom stereocenters. The molecule has 3 amide bonds. The molecule has 9 nitrogen and oxygen atoms in total. The van der Waals surface area contributed by atoms with Gasteiger partial charge in [-0.2, -0.15) is 0 Å². The third-order valence-corrected chi connectivity index (χ3v) is 6.93. The highest BCUT2D eigenvalue weighted by atomic mass is 16.5. The zero-order valence-electron chi connectivity index (χ0n) is 20.1. The Morgan fingerprint density at radius 3 is 2.23 bits per heavy atom. The zero-order chi connectivity index (χ0) is 25.3. The quantitative estimate of drug-likeness (QED) is 0.371. The van der Waals surface area contributed by atoms with Crippen LogP contribution in [0, 0.1) is 25.7 Å². The van der Waals surface area contributed by atoms with E-state index in [1.165, 1.54) is 11.6 Å². The Hall–Kier alpha value is -3.75. The molecule has 2 fully saturated rings. The maximum atomic E-state index is 12.8. The molecule has 1 N–H and O–H groups in total. The van der Waals surface area contributed by atoms with E-state index in [1.807, 2.05) is 6.07 Å². The first-order valence-electron chi connectivity index (χ1n) is 11.8. The second-order valence-electron chi connectivity index (χ2n) is 9.18. The van der Waals surface area contributed by atoms with Crippen LogP contribution in [0.25, 0.3) is 0 Å². The van der Waals surface area contributed by atoms with Crippen LogP contribution in [0.3, 0.4) is 0 Å². The summed E-state index contributed by atoms with van der Waals surface area (Å²) < 4.78 is 6.72. The van der Waals surface area contributed by atoms with Gasteiger partial charge in [0.15, 0.2) is 6.61 Å². The van der Waals surface area contributed by atoms with Gasteiger partial charge in [-0.15, -0.1) is 0 Å². The number of carbonyl (C=O) groups is 5. The summed E-state index contributed by atoms with van der Waals surface area (Å²) in [6.45, 7) is 4.33. The predicted octanol–water partition coefficient (Wildman–Crippen LogP) is 2.78. The number of imide groups is 1. The molecule has 1 saturated carbocycles. The highest BCUT2D eigenvalue weighted by Crippen LogP contribution is 2.38. The van der Waals surface area contributed by atoms with Gasteiger partial charge in [-0.1, -0.05) is 31.0 Å². The number of Topliss-reactive ketones (excluding diaryl/α,β-unsaturated/α-hetero) is 1. The van der Waals surface area contributed by atoms with E-state index in [0.29, 0.717) is 35.4 Å². The summed E-state index contributed by atoms with van der Waals surface area (Å²) in [5.74, 6) is -2.95. The molecule has 1 saturated heterocycles. The molecular formula is C26H29N3O6. The Morgan fingerprint density at radius 1 is 1.03 bits per heavy atom. The molecule has 2 aromatic rings. The molecular weight excluding hydrogens is 450 g/mol. The highest BCUT2D eigenvalue weighted by Gasteiger charge is 2.51. The third kappa shape index (κ3) is 4.62. The number of ketones is 1. The second-order valence-corrected chi connectivity index (χ2v) is 9.18. The molecule has 1 aliphatic heterocycles. The number of hydrogen-bond donors (Lipinski definition) is 1. The van der Waals surface area contributed by atoms with Crippen LogP contribution in [0.5, 0.6) is 0 Å². The van der Waals surface area contributed by atoms with Gasteiger partial charge < -0.3 is 4.74 Å². The van der Waals surface area contributed by atoms with Crippen molar-refractivity contribution in [1.82, 2.24) is 9.58 Å². The maximum absolute atomic E-state index is 12.8. The molecule has 1 aromatic carbocycles. The largest absolute Gasteiger partial charge is 0.456 e. The Kier molecular flexibility index (Phi) is 6.86. The fraction of sp³-hybridized carbons (Fsp3) is 0.423. The van der Waals surface area contributed by atoms with E-state index < -0.39 is 24.4 Å². The number of hydrogen-bond acceptors (Lipinski definition) is 6. The van der Waals surface area contributed by atoms with Gasteiger partial charge >= 0.3 is 5.97 Å². The topological polar surface area (TPSA) is 115 Å². The molecule has 35 heavy (non-hydrogen) atoms.